The molecule has 2 amide bonds. The molecule has 0 heterocycles. The van der Waals surface area contributed by atoms with Gasteiger partial charge in [-0.1, -0.05) is 120 Å². The van der Waals surface area contributed by atoms with E-state index in [9.17, 15) is 18.0 Å². The van der Waals surface area contributed by atoms with Gasteiger partial charge in [-0.3, -0.25) is 13.9 Å². The number of halogens is 4. The van der Waals surface area contributed by atoms with Crippen LogP contribution in [-0.2, 0) is 32.6 Å². The number of anilines is 1. The Kier molecular flexibility index (Phi) is 12.3. The molecule has 0 aliphatic heterocycles. The smallest absolute Gasteiger partial charge is 0.264 e. The summed E-state index contributed by atoms with van der Waals surface area (Å²) < 4.78 is 29.3. The minimum absolute atomic E-state index is 0.0161. The Bertz CT molecular complexity index is 1840. The standard InChI is InChI=1S/C36H35Cl4N3O4S/c37-30-18-16-26(20-32(30)39)23-42(34(21-25-10-4-1-5-11-25)36(45)41-27-12-6-2-7-13-27)35(44)24-43(28-17-19-31(38)33(40)22-28)48(46,47)29-14-8-3-9-15-29/h1,3-5,8-11,14-20,22,27,34H,2,6-7,12-13,21,23-24H2,(H,41,45)/t34-/m1/s1. The Balaban J connectivity index is 1.58. The van der Waals surface area contributed by atoms with Crippen LogP contribution in [0, 0.1) is 0 Å². The number of rotatable bonds is 12. The molecule has 0 saturated heterocycles. The number of hydrogen-bond acceptors (Lipinski definition) is 4. The largest absolute Gasteiger partial charge is 0.352 e. The molecule has 4 aromatic carbocycles. The molecule has 0 unspecified atom stereocenters. The molecule has 0 bridgehead atoms. The highest BCUT2D eigenvalue weighted by molar-refractivity contribution is 7.92. The van der Waals surface area contributed by atoms with Gasteiger partial charge >= 0.3 is 0 Å². The second-order valence-corrected chi connectivity index (χ2v) is 15.2. The summed E-state index contributed by atoms with van der Waals surface area (Å²) in [6, 6.07) is 25.6. The van der Waals surface area contributed by atoms with E-state index in [1.807, 2.05) is 30.3 Å². The zero-order valence-electron chi connectivity index (χ0n) is 26.0. The van der Waals surface area contributed by atoms with Gasteiger partial charge in [0, 0.05) is 19.0 Å². The number of amides is 2. The van der Waals surface area contributed by atoms with Crippen molar-refractivity contribution >= 4 is 73.9 Å². The Morgan fingerprint density at radius 1 is 0.729 bits per heavy atom. The maximum atomic E-state index is 14.7. The van der Waals surface area contributed by atoms with Crippen LogP contribution in [0.15, 0.2) is 102 Å². The summed E-state index contributed by atoms with van der Waals surface area (Å²) in [6.45, 7) is -0.662. The molecular weight excluding hydrogens is 712 g/mol. The zero-order chi connectivity index (χ0) is 34.3. The number of nitrogens with one attached hydrogen (secondary N) is 1. The molecule has 1 N–H and O–H groups in total. The number of nitrogens with zero attached hydrogens (tertiary/aromatic N) is 2. The van der Waals surface area contributed by atoms with Crippen molar-refractivity contribution in [1.82, 2.24) is 10.2 Å². The van der Waals surface area contributed by atoms with E-state index in [1.165, 1.54) is 35.2 Å². The Labute approximate surface area is 301 Å². The topological polar surface area (TPSA) is 86.8 Å². The summed E-state index contributed by atoms with van der Waals surface area (Å²) in [4.78, 5) is 30.3. The monoisotopic (exact) mass is 745 g/mol. The lowest BCUT2D eigenvalue weighted by atomic mass is 9.94. The summed E-state index contributed by atoms with van der Waals surface area (Å²) in [6.07, 6.45) is 5.04. The Morgan fingerprint density at radius 3 is 1.96 bits per heavy atom. The summed E-state index contributed by atoms with van der Waals surface area (Å²) in [5.41, 5.74) is 1.60. The van der Waals surface area contributed by atoms with Gasteiger partial charge in [0.05, 0.1) is 30.7 Å². The van der Waals surface area contributed by atoms with Crippen LogP contribution < -0.4 is 9.62 Å². The van der Waals surface area contributed by atoms with Crippen molar-refractivity contribution in [3.05, 3.63) is 128 Å². The highest BCUT2D eigenvalue weighted by Gasteiger charge is 2.35. The van der Waals surface area contributed by atoms with Gasteiger partial charge in [-0.2, -0.15) is 0 Å². The zero-order valence-corrected chi connectivity index (χ0v) is 29.8. The van der Waals surface area contributed by atoms with Crippen molar-refractivity contribution in [2.75, 3.05) is 10.8 Å². The first-order valence-electron chi connectivity index (χ1n) is 15.6. The number of carbonyl (C=O) groups is 2. The number of hydrogen-bond donors (Lipinski definition) is 1. The molecular formula is C36H35Cl4N3O4S. The third-order valence-electron chi connectivity index (χ3n) is 8.36. The number of carbonyl (C=O) groups excluding carboxylic acids is 2. The van der Waals surface area contributed by atoms with Gasteiger partial charge in [0.15, 0.2) is 0 Å². The lowest BCUT2D eigenvalue weighted by Gasteiger charge is -2.35. The molecule has 1 aliphatic rings. The highest BCUT2D eigenvalue weighted by atomic mass is 35.5. The summed E-state index contributed by atoms with van der Waals surface area (Å²) in [5.74, 6) is -0.919. The van der Waals surface area contributed by atoms with Crippen molar-refractivity contribution < 1.29 is 18.0 Å². The van der Waals surface area contributed by atoms with Crippen LogP contribution in [0.2, 0.25) is 20.1 Å². The molecule has 1 atom stereocenters. The van der Waals surface area contributed by atoms with E-state index in [-0.39, 0.29) is 50.6 Å². The third-order valence-corrected chi connectivity index (χ3v) is 11.6. The van der Waals surface area contributed by atoms with E-state index in [2.05, 4.69) is 5.32 Å². The van der Waals surface area contributed by atoms with Crippen molar-refractivity contribution in [1.29, 1.82) is 0 Å². The van der Waals surface area contributed by atoms with Gasteiger partial charge in [0.25, 0.3) is 10.0 Å². The molecule has 1 fully saturated rings. The van der Waals surface area contributed by atoms with Gasteiger partial charge in [-0.15, -0.1) is 0 Å². The molecule has 0 spiro atoms. The van der Waals surface area contributed by atoms with Gasteiger partial charge in [-0.25, -0.2) is 8.42 Å². The number of benzene rings is 4. The quantitative estimate of drug-likeness (QED) is 0.157. The molecule has 1 saturated carbocycles. The van der Waals surface area contributed by atoms with E-state index in [4.69, 9.17) is 46.4 Å². The molecule has 48 heavy (non-hydrogen) atoms. The molecule has 1 aliphatic carbocycles. The van der Waals surface area contributed by atoms with Gasteiger partial charge in [0.2, 0.25) is 11.8 Å². The first kappa shape index (κ1) is 36.0. The Hall–Kier alpha value is -3.27. The average molecular weight is 748 g/mol. The maximum Gasteiger partial charge on any atom is 0.264 e. The normalized spacial score (nSPS) is 14.2. The predicted octanol–water partition coefficient (Wildman–Crippen LogP) is 8.58. The van der Waals surface area contributed by atoms with Gasteiger partial charge < -0.3 is 10.2 Å². The fourth-order valence-corrected chi connectivity index (χ4v) is 7.86. The first-order chi connectivity index (χ1) is 23.0. The van der Waals surface area contributed by atoms with Crippen LogP contribution in [-0.4, -0.2) is 43.8 Å². The average Bonchev–Trinajstić information content (AvgIpc) is 3.09. The third kappa shape index (κ3) is 9.04. The van der Waals surface area contributed by atoms with E-state index >= 15 is 0 Å². The molecule has 4 aromatic rings. The maximum absolute atomic E-state index is 14.7. The minimum Gasteiger partial charge on any atom is -0.352 e. The summed E-state index contributed by atoms with van der Waals surface area (Å²) in [5, 5.41) is 4.17. The highest BCUT2D eigenvalue weighted by Crippen LogP contribution is 2.31. The fraction of sp³-hybridized carbons (Fsp3) is 0.278. The van der Waals surface area contributed by atoms with Crippen molar-refractivity contribution in [2.45, 2.75) is 62.0 Å². The second kappa shape index (κ2) is 16.4. The molecule has 12 heteroatoms. The molecule has 7 nitrogen and oxygen atoms in total. The van der Waals surface area contributed by atoms with E-state index < -0.39 is 28.5 Å². The molecule has 5 rings (SSSR count). The van der Waals surface area contributed by atoms with E-state index in [0.29, 0.717) is 10.6 Å². The van der Waals surface area contributed by atoms with Gasteiger partial charge in [0.1, 0.15) is 12.6 Å². The van der Waals surface area contributed by atoms with Crippen molar-refractivity contribution in [3.8, 4) is 0 Å². The van der Waals surface area contributed by atoms with E-state index in [0.717, 1.165) is 42.0 Å². The van der Waals surface area contributed by atoms with Crippen LogP contribution >= 0.6 is 46.4 Å². The van der Waals surface area contributed by atoms with Gasteiger partial charge in [-0.05, 0) is 66.4 Å². The summed E-state index contributed by atoms with van der Waals surface area (Å²) >= 11 is 25.1. The minimum atomic E-state index is -4.28. The molecule has 252 valence electrons. The first-order valence-corrected chi connectivity index (χ1v) is 18.6. The Morgan fingerprint density at radius 2 is 1.33 bits per heavy atom. The van der Waals surface area contributed by atoms with Crippen LogP contribution in [0.1, 0.15) is 43.2 Å². The molecule has 0 radical (unpaired) electrons. The van der Waals surface area contributed by atoms with Crippen LogP contribution in [0.25, 0.3) is 0 Å². The van der Waals surface area contributed by atoms with E-state index in [1.54, 1.807) is 36.4 Å². The fourth-order valence-electron chi connectivity index (χ4n) is 5.82. The lowest BCUT2D eigenvalue weighted by Crippen LogP contribution is -2.55. The van der Waals surface area contributed by atoms with Crippen molar-refractivity contribution in [2.24, 2.45) is 0 Å². The summed E-state index contributed by atoms with van der Waals surface area (Å²) in [7, 11) is -4.28. The van der Waals surface area contributed by atoms with Crippen LogP contribution in [0.5, 0.6) is 0 Å². The van der Waals surface area contributed by atoms with Crippen LogP contribution in [0.4, 0.5) is 5.69 Å². The van der Waals surface area contributed by atoms with Crippen molar-refractivity contribution in [3.63, 3.8) is 0 Å². The SMILES string of the molecule is O=C(NC1CCCCC1)[C@@H](Cc1ccccc1)N(Cc1ccc(Cl)c(Cl)c1)C(=O)CN(c1ccc(Cl)c(Cl)c1)S(=O)(=O)c1ccccc1. The molecule has 0 aromatic heterocycles. The second-order valence-electron chi connectivity index (χ2n) is 11.7. The van der Waals surface area contributed by atoms with Crippen LogP contribution in [0.3, 0.4) is 0 Å². The predicted molar refractivity (Wildman–Crippen MR) is 193 cm³/mol. The number of sulfonamides is 1. The lowest BCUT2D eigenvalue weighted by molar-refractivity contribution is -0.140.